The molecule has 31 heavy (non-hydrogen) atoms. The largest absolute Gasteiger partial charge is 0.281 e. The summed E-state index contributed by atoms with van der Waals surface area (Å²) in [5, 5.41) is 1.23. The fourth-order valence-electron chi connectivity index (χ4n) is 3.40. The van der Waals surface area contributed by atoms with E-state index in [-0.39, 0.29) is 5.56 Å². The van der Waals surface area contributed by atoms with Crippen LogP contribution in [-0.4, -0.2) is 20.6 Å². The molecule has 0 saturated carbocycles. The van der Waals surface area contributed by atoms with Gasteiger partial charge in [0, 0.05) is 16.5 Å². The predicted molar refractivity (Wildman–Crippen MR) is 127 cm³/mol. The first kappa shape index (κ1) is 19.3. The predicted octanol–water partition coefficient (Wildman–Crippen LogP) is 4.83. The number of hydrogen-bond donors (Lipinski definition) is 1. The average Bonchev–Trinajstić information content (AvgIpc) is 3.35. The van der Waals surface area contributed by atoms with E-state index in [1.807, 2.05) is 61.5 Å². The molecular weight excluding hydrogens is 428 g/mol. The van der Waals surface area contributed by atoms with Crippen molar-refractivity contribution >= 4 is 55.1 Å². The van der Waals surface area contributed by atoms with Crippen LogP contribution in [0.3, 0.4) is 0 Å². The molecule has 3 heterocycles. The first-order chi connectivity index (χ1) is 15.1. The number of benzene rings is 2. The van der Waals surface area contributed by atoms with Crippen LogP contribution in [0.5, 0.6) is 0 Å². The Hall–Kier alpha value is -3.62. The smallest absolute Gasteiger partial charge is 0.268 e. The minimum atomic E-state index is -0.435. The molecule has 2 aromatic carbocycles. The number of carbonyl (C=O) groups is 1. The molecule has 0 aliphatic carbocycles. The molecule has 5 rings (SSSR count). The number of nitrogens with one attached hydrogen (secondary N) is 1. The SMILES string of the molecule is Cc1sc2ncn(NC(=O)/C=C/c3nc4ccccc4s3)c(=O)c2c1-c1ccccc1. The highest BCUT2D eigenvalue weighted by Gasteiger charge is 2.17. The second kappa shape index (κ2) is 7.90. The molecule has 5 aromatic rings. The summed E-state index contributed by atoms with van der Waals surface area (Å²) in [6, 6.07) is 17.5. The van der Waals surface area contributed by atoms with E-state index in [0.717, 1.165) is 35.9 Å². The van der Waals surface area contributed by atoms with Crippen molar-refractivity contribution in [1.29, 1.82) is 0 Å². The molecule has 3 aromatic heterocycles. The third-order valence-corrected chi connectivity index (χ3v) is 6.78. The van der Waals surface area contributed by atoms with E-state index in [1.54, 1.807) is 6.08 Å². The van der Waals surface area contributed by atoms with Gasteiger partial charge in [0.15, 0.2) is 0 Å². The molecule has 0 unspecified atom stereocenters. The normalized spacial score (nSPS) is 11.5. The molecule has 6 nitrogen and oxygen atoms in total. The maximum atomic E-state index is 13.1. The lowest BCUT2D eigenvalue weighted by Gasteiger charge is -2.06. The highest BCUT2D eigenvalue weighted by molar-refractivity contribution is 7.19. The van der Waals surface area contributed by atoms with E-state index < -0.39 is 5.91 Å². The minimum Gasteiger partial charge on any atom is -0.268 e. The van der Waals surface area contributed by atoms with Crippen molar-refractivity contribution in [3.63, 3.8) is 0 Å². The van der Waals surface area contributed by atoms with Gasteiger partial charge in [-0.2, -0.15) is 0 Å². The summed E-state index contributed by atoms with van der Waals surface area (Å²) in [5.74, 6) is -0.435. The highest BCUT2D eigenvalue weighted by Crippen LogP contribution is 2.35. The first-order valence-corrected chi connectivity index (χ1v) is 11.1. The van der Waals surface area contributed by atoms with Crippen LogP contribution in [0.2, 0.25) is 0 Å². The second-order valence-electron chi connectivity index (χ2n) is 6.83. The summed E-state index contributed by atoms with van der Waals surface area (Å²) in [6.45, 7) is 1.97. The molecule has 0 aliphatic rings. The fourth-order valence-corrected chi connectivity index (χ4v) is 5.27. The van der Waals surface area contributed by atoms with Crippen molar-refractivity contribution < 1.29 is 4.79 Å². The van der Waals surface area contributed by atoms with Gasteiger partial charge in [0.2, 0.25) is 0 Å². The molecule has 0 spiro atoms. The van der Waals surface area contributed by atoms with Crippen LogP contribution in [0.1, 0.15) is 9.88 Å². The molecule has 0 aliphatic heterocycles. The van der Waals surface area contributed by atoms with Crippen molar-refractivity contribution in [2.45, 2.75) is 6.92 Å². The fraction of sp³-hybridized carbons (Fsp3) is 0.0435. The van der Waals surface area contributed by atoms with Crippen LogP contribution in [0.4, 0.5) is 0 Å². The van der Waals surface area contributed by atoms with Gasteiger partial charge in [0.1, 0.15) is 16.2 Å². The number of thiazole rings is 1. The third kappa shape index (κ3) is 3.67. The zero-order valence-corrected chi connectivity index (χ0v) is 18.0. The lowest BCUT2D eigenvalue weighted by molar-refractivity contribution is -0.112. The van der Waals surface area contributed by atoms with Crippen molar-refractivity contribution in [1.82, 2.24) is 14.6 Å². The minimum absolute atomic E-state index is 0.310. The van der Waals surface area contributed by atoms with Crippen molar-refractivity contribution in [2.24, 2.45) is 0 Å². The van der Waals surface area contributed by atoms with Crippen molar-refractivity contribution in [2.75, 3.05) is 5.43 Å². The molecule has 0 saturated heterocycles. The number of aryl methyl sites for hydroxylation is 1. The standard InChI is InChI=1S/C23H16N4O2S2/c1-14-20(15-7-3-2-4-8-15)21-22(30-14)24-13-27(23(21)29)26-18(28)11-12-19-25-16-9-5-6-10-17(16)31-19/h2-13H,1H3,(H,26,28)/b12-11+. The summed E-state index contributed by atoms with van der Waals surface area (Å²) >= 11 is 2.96. The summed E-state index contributed by atoms with van der Waals surface area (Å²) < 4.78 is 2.18. The molecule has 0 bridgehead atoms. The molecular formula is C23H16N4O2S2. The molecule has 0 atom stereocenters. The number of amides is 1. The number of carbonyl (C=O) groups excluding carboxylic acids is 1. The van der Waals surface area contributed by atoms with Crippen molar-refractivity contribution in [3.05, 3.63) is 87.2 Å². The maximum Gasteiger partial charge on any atom is 0.281 e. The Bertz CT molecular complexity index is 1480. The molecule has 8 heteroatoms. The number of para-hydroxylation sites is 1. The summed E-state index contributed by atoms with van der Waals surface area (Å²) in [5.41, 5.74) is 4.97. The summed E-state index contributed by atoms with van der Waals surface area (Å²) in [7, 11) is 0. The van der Waals surface area contributed by atoms with Crippen molar-refractivity contribution in [3.8, 4) is 11.1 Å². The van der Waals surface area contributed by atoms with E-state index in [9.17, 15) is 9.59 Å². The van der Waals surface area contributed by atoms with Gasteiger partial charge in [-0.05, 0) is 30.7 Å². The monoisotopic (exact) mass is 444 g/mol. The van der Waals surface area contributed by atoms with Crippen LogP contribution in [0.25, 0.3) is 37.6 Å². The van der Waals surface area contributed by atoms with Gasteiger partial charge < -0.3 is 0 Å². The van der Waals surface area contributed by atoms with Gasteiger partial charge in [0.25, 0.3) is 11.5 Å². The number of nitrogens with zero attached hydrogens (tertiary/aromatic N) is 3. The molecule has 1 N–H and O–H groups in total. The lowest BCUT2D eigenvalue weighted by Crippen LogP contribution is -2.32. The number of thiophene rings is 1. The number of aromatic nitrogens is 3. The van der Waals surface area contributed by atoms with Gasteiger partial charge in [-0.15, -0.1) is 22.7 Å². The summed E-state index contributed by atoms with van der Waals surface area (Å²) in [4.78, 5) is 36.1. The Morgan fingerprint density at radius 3 is 2.65 bits per heavy atom. The van der Waals surface area contributed by atoms with Crippen LogP contribution < -0.4 is 11.0 Å². The van der Waals surface area contributed by atoms with Crippen LogP contribution in [-0.2, 0) is 4.79 Å². The maximum absolute atomic E-state index is 13.1. The Labute approximate surface area is 185 Å². The molecule has 1 amide bonds. The van der Waals surface area contributed by atoms with E-state index in [2.05, 4.69) is 15.4 Å². The van der Waals surface area contributed by atoms with E-state index in [0.29, 0.717) is 10.2 Å². The van der Waals surface area contributed by atoms with Gasteiger partial charge in [-0.25, -0.2) is 14.6 Å². The topological polar surface area (TPSA) is 76.9 Å². The number of hydrogen-bond acceptors (Lipinski definition) is 6. The zero-order chi connectivity index (χ0) is 21.4. The van der Waals surface area contributed by atoms with Gasteiger partial charge in [0.05, 0.1) is 15.6 Å². The molecule has 0 fully saturated rings. The Kier molecular flexibility index (Phi) is 4.93. The number of fused-ring (bicyclic) bond motifs is 2. The van der Waals surface area contributed by atoms with Crippen LogP contribution in [0, 0.1) is 6.92 Å². The zero-order valence-electron chi connectivity index (χ0n) is 16.4. The van der Waals surface area contributed by atoms with E-state index >= 15 is 0 Å². The Balaban J connectivity index is 1.45. The Morgan fingerprint density at radius 1 is 1.06 bits per heavy atom. The highest BCUT2D eigenvalue weighted by atomic mass is 32.1. The van der Waals surface area contributed by atoms with Gasteiger partial charge in [-0.3, -0.25) is 15.0 Å². The summed E-state index contributed by atoms with van der Waals surface area (Å²) in [6.07, 6.45) is 4.35. The van der Waals surface area contributed by atoms with E-state index in [1.165, 1.54) is 35.1 Å². The Morgan fingerprint density at radius 2 is 1.84 bits per heavy atom. The third-order valence-electron chi connectivity index (χ3n) is 4.77. The van der Waals surface area contributed by atoms with Gasteiger partial charge in [-0.1, -0.05) is 42.5 Å². The lowest BCUT2D eigenvalue weighted by atomic mass is 10.0. The quantitative estimate of drug-likeness (QED) is 0.403. The second-order valence-corrected chi connectivity index (χ2v) is 9.09. The van der Waals surface area contributed by atoms with E-state index in [4.69, 9.17) is 0 Å². The van der Waals surface area contributed by atoms with Crippen LogP contribution in [0.15, 0.2) is 71.8 Å². The average molecular weight is 445 g/mol. The number of rotatable bonds is 4. The molecule has 0 radical (unpaired) electrons. The van der Waals surface area contributed by atoms with Gasteiger partial charge >= 0.3 is 0 Å². The molecule has 152 valence electrons. The van der Waals surface area contributed by atoms with Crippen LogP contribution >= 0.6 is 22.7 Å². The first-order valence-electron chi connectivity index (χ1n) is 9.51.